The van der Waals surface area contributed by atoms with Crippen LogP contribution in [0.4, 0.5) is 5.69 Å². The number of hydrogen-bond donors (Lipinski definition) is 1. The quantitative estimate of drug-likeness (QED) is 0.726. The Morgan fingerprint density at radius 3 is 2.56 bits per heavy atom. The number of ether oxygens (including phenoxy) is 1. The summed E-state index contributed by atoms with van der Waals surface area (Å²) in [6, 6.07) is 11.8. The lowest BCUT2D eigenvalue weighted by Crippen LogP contribution is -2.47. The number of halogens is 1. The minimum absolute atomic E-state index is 0.693. The molecule has 1 fully saturated rings. The van der Waals surface area contributed by atoms with E-state index < -0.39 is 0 Å². The van der Waals surface area contributed by atoms with E-state index in [-0.39, 0.29) is 0 Å². The van der Waals surface area contributed by atoms with Crippen molar-refractivity contribution in [2.45, 2.75) is 0 Å². The normalized spacial score (nSPS) is 16.4. The number of hydrazine groups is 1. The van der Waals surface area contributed by atoms with Crippen LogP contribution in [-0.4, -0.2) is 55.2 Å². The third-order valence-electron chi connectivity index (χ3n) is 4.72. The molecule has 0 unspecified atom stereocenters. The number of anilines is 1. The van der Waals surface area contributed by atoms with Gasteiger partial charge in [0, 0.05) is 42.0 Å². The predicted molar refractivity (Wildman–Crippen MR) is 104 cm³/mol. The standard InChI is InChI=1S/C19H21ClN4O/c1-23-7-9-24(10-8-23)22-19-15-5-3-13(20)11-18(15)21-17-6-4-14(25-2)12-16(17)19/h3-6,11-12H,7-10H2,1-2H3,(H,21,22). The highest BCUT2D eigenvalue weighted by molar-refractivity contribution is 6.31. The molecule has 1 saturated heterocycles. The second-order valence-corrected chi connectivity index (χ2v) is 6.87. The molecule has 0 amide bonds. The van der Waals surface area contributed by atoms with Gasteiger partial charge in [0.2, 0.25) is 0 Å². The number of nitrogens with one attached hydrogen (secondary N) is 1. The highest BCUT2D eigenvalue weighted by Gasteiger charge is 2.17. The molecule has 1 aliphatic rings. The van der Waals surface area contributed by atoms with E-state index in [1.165, 1.54) is 0 Å². The molecule has 0 aliphatic carbocycles. The number of methoxy groups -OCH3 is 1. The number of benzene rings is 2. The lowest BCUT2D eigenvalue weighted by atomic mass is 10.1. The molecule has 0 radical (unpaired) electrons. The summed E-state index contributed by atoms with van der Waals surface area (Å²) in [5.74, 6) is 0.823. The number of pyridine rings is 1. The lowest BCUT2D eigenvalue weighted by Gasteiger charge is -2.33. The van der Waals surface area contributed by atoms with Crippen molar-refractivity contribution in [1.29, 1.82) is 0 Å². The van der Waals surface area contributed by atoms with Gasteiger partial charge in [0.05, 0.1) is 23.8 Å². The molecule has 0 atom stereocenters. The van der Waals surface area contributed by atoms with Crippen LogP contribution >= 0.6 is 11.6 Å². The SMILES string of the molecule is COc1ccc2nc3cc(Cl)ccc3c(NN3CCN(C)CC3)c2c1. The van der Waals surface area contributed by atoms with E-state index in [2.05, 4.69) is 22.4 Å². The largest absolute Gasteiger partial charge is 0.497 e. The zero-order valence-electron chi connectivity index (χ0n) is 14.4. The first kappa shape index (κ1) is 16.4. The van der Waals surface area contributed by atoms with Crippen LogP contribution in [0, 0.1) is 0 Å². The molecule has 0 spiro atoms. The third-order valence-corrected chi connectivity index (χ3v) is 4.95. The molecule has 0 saturated carbocycles. The van der Waals surface area contributed by atoms with Crippen LogP contribution in [0.3, 0.4) is 0 Å². The summed E-state index contributed by atoms with van der Waals surface area (Å²) in [4.78, 5) is 7.11. The average Bonchev–Trinajstić information content (AvgIpc) is 2.62. The first-order valence-electron chi connectivity index (χ1n) is 8.41. The monoisotopic (exact) mass is 356 g/mol. The number of hydrogen-bond acceptors (Lipinski definition) is 5. The molecule has 4 rings (SSSR count). The maximum atomic E-state index is 6.18. The van der Waals surface area contributed by atoms with Gasteiger partial charge in [0.25, 0.3) is 0 Å². The van der Waals surface area contributed by atoms with E-state index in [4.69, 9.17) is 21.3 Å². The summed E-state index contributed by atoms with van der Waals surface area (Å²) in [5, 5.41) is 5.07. The molecule has 5 nitrogen and oxygen atoms in total. The van der Waals surface area contributed by atoms with Gasteiger partial charge in [-0.2, -0.15) is 0 Å². The van der Waals surface area contributed by atoms with Crippen molar-refractivity contribution in [2.24, 2.45) is 0 Å². The first-order chi connectivity index (χ1) is 12.1. The molecule has 1 aliphatic heterocycles. The smallest absolute Gasteiger partial charge is 0.119 e. The molecular weight excluding hydrogens is 336 g/mol. The summed E-state index contributed by atoms with van der Waals surface area (Å²) in [6.07, 6.45) is 0. The van der Waals surface area contributed by atoms with Crippen LogP contribution in [0.15, 0.2) is 36.4 Å². The predicted octanol–water partition coefficient (Wildman–Crippen LogP) is 3.62. The number of fused-ring (bicyclic) bond motifs is 2. The van der Waals surface area contributed by atoms with Gasteiger partial charge in [0.15, 0.2) is 0 Å². The Labute approximate surface area is 152 Å². The molecule has 130 valence electrons. The number of aromatic nitrogens is 1. The van der Waals surface area contributed by atoms with E-state index >= 15 is 0 Å². The van der Waals surface area contributed by atoms with Gasteiger partial charge in [-0.1, -0.05) is 11.6 Å². The average molecular weight is 357 g/mol. The van der Waals surface area contributed by atoms with Crippen molar-refractivity contribution < 1.29 is 4.74 Å². The minimum atomic E-state index is 0.693. The molecule has 6 heteroatoms. The Bertz CT molecular complexity index is 922. The Hall–Kier alpha value is -2.08. The molecule has 3 aromatic rings. The topological polar surface area (TPSA) is 40.6 Å². The van der Waals surface area contributed by atoms with Gasteiger partial charge in [-0.05, 0) is 43.4 Å². The van der Waals surface area contributed by atoms with E-state index in [9.17, 15) is 0 Å². The number of piperazine rings is 1. The van der Waals surface area contributed by atoms with Crippen LogP contribution in [0.25, 0.3) is 21.8 Å². The van der Waals surface area contributed by atoms with Gasteiger partial charge in [-0.25, -0.2) is 9.99 Å². The van der Waals surface area contributed by atoms with Crippen LogP contribution in [0.1, 0.15) is 0 Å². The fourth-order valence-electron chi connectivity index (χ4n) is 3.22. The molecule has 2 heterocycles. The van der Waals surface area contributed by atoms with Crippen molar-refractivity contribution in [3.63, 3.8) is 0 Å². The van der Waals surface area contributed by atoms with Crippen molar-refractivity contribution in [2.75, 3.05) is 45.8 Å². The summed E-state index contributed by atoms with van der Waals surface area (Å²) in [5.41, 5.74) is 6.50. The van der Waals surface area contributed by atoms with Crippen molar-refractivity contribution in [1.82, 2.24) is 14.9 Å². The summed E-state index contributed by atoms with van der Waals surface area (Å²) < 4.78 is 5.42. The number of rotatable bonds is 3. The first-order valence-corrected chi connectivity index (χ1v) is 8.79. The molecule has 25 heavy (non-hydrogen) atoms. The molecule has 2 aromatic carbocycles. The molecule has 1 N–H and O–H groups in total. The maximum Gasteiger partial charge on any atom is 0.119 e. The Morgan fingerprint density at radius 1 is 1.00 bits per heavy atom. The van der Waals surface area contributed by atoms with Gasteiger partial charge in [0.1, 0.15) is 5.75 Å². The minimum Gasteiger partial charge on any atom is -0.497 e. The second-order valence-electron chi connectivity index (χ2n) is 6.43. The highest BCUT2D eigenvalue weighted by atomic mass is 35.5. The fraction of sp³-hybridized carbons (Fsp3) is 0.316. The molecule has 0 bridgehead atoms. The maximum absolute atomic E-state index is 6.18. The van der Waals surface area contributed by atoms with E-state index in [1.807, 2.05) is 36.4 Å². The summed E-state index contributed by atoms with van der Waals surface area (Å²) in [6.45, 7) is 4.03. The van der Waals surface area contributed by atoms with Crippen LogP contribution < -0.4 is 10.2 Å². The van der Waals surface area contributed by atoms with Gasteiger partial charge in [-0.3, -0.25) is 0 Å². The summed E-state index contributed by atoms with van der Waals surface area (Å²) in [7, 11) is 3.84. The number of likely N-dealkylation sites (N-methyl/N-ethyl adjacent to an activating group) is 1. The van der Waals surface area contributed by atoms with Gasteiger partial charge >= 0.3 is 0 Å². The second kappa shape index (κ2) is 6.67. The van der Waals surface area contributed by atoms with Crippen molar-refractivity contribution >= 4 is 39.1 Å². The van der Waals surface area contributed by atoms with E-state index in [1.54, 1.807) is 7.11 Å². The van der Waals surface area contributed by atoms with Gasteiger partial charge in [-0.15, -0.1) is 0 Å². The Morgan fingerprint density at radius 2 is 1.80 bits per heavy atom. The molecule has 1 aromatic heterocycles. The lowest BCUT2D eigenvalue weighted by molar-refractivity contribution is 0.179. The van der Waals surface area contributed by atoms with Crippen LogP contribution in [-0.2, 0) is 0 Å². The third kappa shape index (κ3) is 3.23. The zero-order valence-corrected chi connectivity index (χ0v) is 15.2. The van der Waals surface area contributed by atoms with Crippen molar-refractivity contribution in [3.8, 4) is 5.75 Å². The zero-order chi connectivity index (χ0) is 17.4. The Kier molecular flexibility index (Phi) is 4.37. The molecular formula is C19H21ClN4O. The Balaban J connectivity index is 1.86. The fourth-order valence-corrected chi connectivity index (χ4v) is 3.39. The van der Waals surface area contributed by atoms with Crippen LogP contribution in [0.2, 0.25) is 5.02 Å². The highest BCUT2D eigenvalue weighted by Crippen LogP contribution is 2.34. The van der Waals surface area contributed by atoms with E-state index in [0.29, 0.717) is 5.02 Å². The summed E-state index contributed by atoms with van der Waals surface area (Å²) >= 11 is 6.18. The van der Waals surface area contributed by atoms with Crippen LogP contribution in [0.5, 0.6) is 5.75 Å². The number of nitrogens with zero attached hydrogens (tertiary/aromatic N) is 3. The van der Waals surface area contributed by atoms with Crippen molar-refractivity contribution in [3.05, 3.63) is 41.4 Å². The van der Waals surface area contributed by atoms with Gasteiger partial charge < -0.3 is 15.1 Å². The van der Waals surface area contributed by atoms with E-state index in [0.717, 1.165) is 59.4 Å².